The minimum Gasteiger partial charge on any atom is -0.495 e. The lowest BCUT2D eigenvalue weighted by Crippen LogP contribution is -2.24. The van der Waals surface area contributed by atoms with Gasteiger partial charge in [-0.3, -0.25) is 14.2 Å². The van der Waals surface area contributed by atoms with E-state index in [1.165, 1.54) is 11.6 Å². The molecule has 1 N–H and O–H groups in total. The predicted octanol–water partition coefficient (Wildman–Crippen LogP) is 4.32. The van der Waals surface area contributed by atoms with E-state index in [2.05, 4.69) is 15.4 Å². The number of carbonyl (C=O) groups is 1. The summed E-state index contributed by atoms with van der Waals surface area (Å²) in [6, 6.07) is 20.1. The Morgan fingerprint density at radius 2 is 1.88 bits per heavy atom. The van der Waals surface area contributed by atoms with Crippen molar-refractivity contribution in [2.24, 2.45) is 0 Å². The molecule has 2 heterocycles. The van der Waals surface area contributed by atoms with Crippen molar-refractivity contribution in [2.75, 3.05) is 12.4 Å². The first-order chi connectivity index (χ1) is 16.4. The molecule has 0 aliphatic heterocycles. The number of ether oxygens (including phenoxy) is 1. The quantitative estimate of drug-likeness (QED) is 0.410. The Balaban J connectivity index is 1.64. The highest BCUT2D eigenvalue weighted by Crippen LogP contribution is 2.24. The number of nitrogens with one attached hydrogen (secondary N) is 1. The molecule has 34 heavy (non-hydrogen) atoms. The number of aromatic nitrogens is 4. The van der Waals surface area contributed by atoms with E-state index >= 15 is 0 Å². The van der Waals surface area contributed by atoms with Gasteiger partial charge in [-0.2, -0.15) is 4.98 Å². The Hall–Kier alpha value is -4.17. The molecule has 0 aliphatic carbocycles. The second-order valence-corrected chi connectivity index (χ2v) is 8.28. The van der Waals surface area contributed by atoms with Crippen LogP contribution in [0.15, 0.2) is 71.5 Å². The van der Waals surface area contributed by atoms with Crippen molar-refractivity contribution in [1.82, 2.24) is 19.2 Å². The molecule has 8 nitrogen and oxygen atoms in total. The number of rotatable bonds is 5. The number of para-hydroxylation sites is 2. The van der Waals surface area contributed by atoms with Crippen molar-refractivity contribution in [1.29, 1.82) is 0 Å². The molecule has 0 aliphatic rings. The Morgan fingerprint density at radius 3 is 2.68 bits per heavy atom. The molecule has 9 heteroatoms. The van der Waals surface area contributed by atoms with Crippen molar-refractivity contribution >= 4 is 39.9 Å². The Bertz CT molecular complexity index is 1620. The lowest BCUT2D eigenvalue weighted by atomic mass is 10.2. The van der Waals surface area contributed by atoms with Crippen molar-refractivity contribution < 1.29 is 9.53 Å². The maximum atomic E-state index is 13.5. The molecule has 0 bridgehead atoms. The van der Waals surface area contributed by atoms with E-state index < -0.39 is 5.91 Å². The molecule has 2 aromatic heterocycles. The average Bonchev–Trinajstić information content (AvgIpc) is 3.28. The van der Waals surface area contributed by atoms with Crippen LogP contribution in [0.2, 0.25) is 5.02 Å². The Kier molecular flexibility index (Phi) is 5.51. The van der Waals surface area contributed by atoms with E-state index in [1.54, 1.807) is 34.9 Å². The van der Waals surface area contributed by atoms with Crippen LogP contribution >= 0.6 is 11.6 Å². The molecule has 5 aromatic rings. The first-order valence-corrected chi connectivity index (χ1v) is 10.9. The Labute approximate surface area is 199 Å². The highest BCUT2D eigenvalue weighted by atomic mass is 35.5. The zero-order valence-corrected chi connectivity index (χ0v) is 19.2. The zero-order chi connectivity index (χ0) is 23.8. The maximum Gasteiger partial charge on any atom is 0.296 e. The molecule has 3 aromatic carbocycles. The SMILES string of the molecule is COc1ccccc1NC(=O)c1nc2c(=O)n(Cc3cccc(Cl)c3)c3cc(C)ccc3n2n1. The third kappa shape index (κ3) is 3.88. The summed E-state index contributed by atoms with van der Waals surface area (Å²) in [6.45, 7) is 2.25. The molecule has 0 spiro atoms. The van der Waals surface area contributed by atoms with Crippen molar-refractivity contribution in [3.8, 4) is 5.75 Å². The number of hydrogen-bond donors (Lipinski definition) is 1. The fraction of sp³-hybridized carbons (Fsp3) is 0.120. The smallest absolute Gasteiger partial charge is 0.296 e. The fourth-order valence-corrected chi connectivity index (χ4v) is 4.09. The number of methoxy groups -OCH3 is 1. The van der Waals surface area contributed by atoms with Gasteiger partial charge >= 0.3 is 0 Å². The highest BCUT2D eigenvalue weighted by molar-refractivity contribution is 6.30. The van der Waals surface area contributed by atoms with Crippen LogP contribution in [0.25, 0.3) is 16.7 Å². The topological polar surface area (TPSA) is 90.5 Å². The molecule has 0 atom stereocenters. The van der Waals surface area contributed by atoms with Gasteiger partial charge in [-0.1, -0.05) is 41.9 Å². The van der Waals surface area contributed by atoms with E-state index in [0.29, 0.717) is 34.0 Å². The number of aryl methyl sites for hydroxylation is 1. The molecule has 0 unspecified atom stereocenters. The number of benzene rings is 3. The molecule has 0 saturated carbocycles. The van der Waals surface area contributed by atoms with Gasteiger partial charge in [0, 0.05) is 5.02 Å². The molecule has 0 saturated heterocycles. The van der Waals surface area contributed by atoms with E-state index in [0.717, 1.165) is 11.1 Å². The first kappa shape index (κ1) is 21.7. The van der Waals surface area contributed by atoms with Crippen LogP contribution in [0.4, 0.5) is 5.69 Å². The van der Waals surface area contributed by atoms with Gasteiger partial charge in [0.2, 0.25) is 11.5 Å². The van der Waals surface area contributed by atoms with E-state index in [9.17, 15) is 9.59 Å². The maximum absolute atomic E-state index is 13.5. The van der Waals surface area contributed by atoms with Gasteiger partial charge in [-0.15, -0.1) is 5.10 Å². The molecular formula is C25H20ClN5O3. The van der Waals surface area contributed by atoms with Crippen LogP contribution in [0.1, 0.15) is 21.7 Å². The number of halogens is 1. The minimum atomic E-state index is -0.547. The van der Waals surface area contributed by atoms with Crippen LogP contribution < -0.4 is 15.6 Å². The van der Waals surface area contributed by atoms with E-state index in [4.69, 9.17) is 16.3 Å². The summed E-state index contributed by atoms with van der Waals surface area (Å²) in [5.74, 6) is -0.163. The summed E-state index contributed by atoms with van der Waals surface area (Å²) in [7, 11) is 1.52. The van der Waals surface area contributed by atoms with Gasteiger partial charge in [-0.05, 0) is 54.4 Å². The summed E-state index contributed by atoms with van der Waals surface area (Å²) in [6.07, 6.45) is 0. The van der Waals surface area contributed by atoms with Crippen LogP contribution in [0.3, 0.4) is 0 Å². The second kappa shape index (κ2) is 8.64. The third-order valence-corrected chi connectivity index (χ3v) is 5.72. The average molecular weight is 474 g/mol. The van der Waals surface area contributed by atoms with Crippen LogP contribution in [0, 0.1) is 6.92 Å². The first-order valence-electron chi connectivity index (χ1n) is 10.5. The largest absolute Gasteiger partial charge is 0.495 e. The lowest BCUT2D eigenvalue weighted by molar-refractivity contribution is 0.101. The normalized spacial score (nSPS) is 11.1. The number of amides is 1. The number of carbonyl (C=O) groups excluding carboxylic acids is 1. The molecular weight excluding hydrogens is 454 g/mol. The minimum absolute atomic E-state index is 0.0588. The van der Waals surface area contributed by atoms with Gasteiger partial charge in [0.25, 0.3) is 11.5 Å². The third-order valence-electron chi connectivity index (χ3n) is 5.48. The second-order valence-electron chi connectivity index (χ2n) is 7.84. The standard InChI is InChI=1S/C25H20ClN5O3/c1-15-10-11-19-20(12-15)30(14-16-6-5-7-17(26)13-16)25(33)23-28-22(29-31(19)23)24(32)27-18-8-3-4-9-21(18)34-2/h3-13H,14H2,1-2H3,(H,27,32). The summed E-state index contributed by atoms with van der Waals surface area (Å²) in [5.41, 5.74) is 3.37. The predicted molar refractivity (Wildman–Crippen MR) is 131 cm³/mol. The van der Waals surface area contributed by atoms with E-state index in [-0.39, 0.29) is 17.0 Å². The highest BCUT2D eigenvalue weighted by Gasteiger charge is 2.20. The van der Waals surface area contributed by atoms with Crippen LogP contribution in [-0.2, 0) is 6.54 Å². The van der Waals surface area contributed by atoms with Gasteiger partial charge in [0.15, 0.2) is 0 Å². The van der Waals surface area contributed by atoms with Gasteiger partial charge in [-0.25, -0.2) is 4.52 Å². The van der Waals surface area contributed by atoms with Gasteiger partial charge in [0.05, 0.1) is 30.4 Å². The monoisotopic (exact) mass is 473 g/mol. The summed E-state index contributed by atoms with van der Waals surface area (Å²) < 4.78 is 8.33. The lowest BCUT2D eigenvalue weighted by Gasteiger charge is -2.12. The number of fused-ring (bicyclic) bond motifs is 3. The van der Waals surface area contributed by atoms with Gasteiger partial charge in [0.1, 0.15) is 5.75 Å². The van der Waals surface area contributed by atoms with Crippen molar-refractivity contribution in [2.45, 2.75) is 13.5 Å². The molecule has 5 rings (SSSR count). The fourth-order valence-electron chi connectivity index (χ4n) is 3.87. The van der Waals surface area contributed by atoms with Crippen LogP contribution in [-0.4, -0.2) is 32.2 Å². The molecule has 0 radical (unpaired) electrons. The number of nitrogens with zero attached hydrogens (tertiary/aromatic N) is 4. The van der Waals surface area contributed by atoms with Crippen LogP contribution in [0.5, 0.6) is 5.75 Å². The number of anilines is 1. The van der Waals surface area contributed by atoms with Crippen molar-refractivity contribution in [3.05, 3.63) is 99.1 Å². The summed E-state index contributed by atoms with van der Waals surface area (Å²) >= 11 is 6.15. The van der Waals surface area contributed by atoms with Gasteiger partial charge < -0.3 is 10.1 Å². The summed E-state index contributed by atoms with van der Waals surface area (Å²) in [5, 5.41) is 7.70. The van der Waals surface area contributed by atoms with E-state index in [1.807, 2.05) is 43.3 Å². The Morgan fingerprint density at radius 1 is 1.06 bits per heavy atom. The molecule has 0 fully saturated rings. The van der Waals surface area contributed by atoms with Crippen molar-refractivity contribution in [3.63, 3.8) is 0 Å². The summed E-state index contributed by atoms with van der Waals surface area (Å²) in [4.78, 5) is 30.7. The molecule has 1 amide bonds. The zero-order valence-electron chi connectivity index (χ0n) is 18.4. The number of hydrogen-bond acceptors (Lipinski definition) is 5. The molecule has 170 valence electrons.